The number of nitrogens with zero attached hydrogens (tertiary/aromatic N) is 3. The Hall–Kier alpha value is 0.656. The van der Waals surface area contributed by atoms with E-state index in [4.69, 9.17) is 0 Å². The Kier molecular flexibility index (Phi) is 4.30. The monoisotopic (exact) mass is 203 g/mol. The summed E-state index contributed by atoms with van der Waals surface area (Å²) in [6.45, 7) is 1.42. The number of aromatic nitrogens is 3. The normalized spacial score (nSPS) is 10.7. The predicted molar refractivity (Wildman–Crippen MR) is 28.4 cm³/mol. The number of halogens is 1. The average molecular weight is 203 g/mol. The average Bonchev–Trinajstić information content (AvgIpc) is 2.11. The Morgan fingerprint density at radius 2 is 2.00 bits per heavy atom. The molecule has 1 heterocycles. The zero-order chi connectivity index (χ0) is 7.78. The first kappa shape index (κ1) is 11.7. The van der Waals surface area contributed by atoms with E-state index in [9.17, 15) is 12.3 Å². The smallest absolute Gasteiger partial charge is 0.353 e. The molecule has 0 saturated carbocycles. The summed E-state index contributed by atoms with van der Waals surface area (Å²) in [6.07, 6.45) is 0. The molecular weight excluding hydrogens is 200 g/mol. The van der Waals surface area contributed by atoms with E-state index >= 15 is 0 Å². The van der Waals surface area contributed by atoms with Crippen molar-refractivity contribution < 1.29 is 63.7 Å². The summed E-state index contributed by atoms with van der Waals surface area (Å²) in [6, 6.07) is 0. The molecule has 0 saturated heterocycles. The molecule has 8 heteroatoms. The van der Waals surface area contributed by atoms with Gasteiger partial charge < -0.3 is 15.2 Å². The number of aryl methyl sites for hydroxylation is 1. The summed E-state index contributed by atoms with van der Waals surface area (Å²) in [7, 11) is -4.77. The van der Waals surface area contributed by atoms with Crippen LogP contribution in [0.5, 0.6) is 0 Å². The molecule has 1 aromatic heterocycles. The minimum absolute atomic E-state index is 0. The molecule has 5 nitrogen and oxygen atoms in total. The predicted octanol–water partition coefficient (Wildman–Crippen LogP) is -3.60. The summed E-state index contributed by atoms with van der Waals surface area (Å²) in [5.41, 5.74) is 0. The maximum absolute atomic E-state index is 11.9. The largest absolute Gasteiger partial charge is 1.00 e. The molecule has 56 valence electrons. The SMILES string of the molecule is Cc1nnc(S(=O)(=O)F)[n-]1.[K+]. The first-order valence-electron chi connectivity index (χ1n) is 2.29. The van der Waals surface area contributed by atoms with Crippen LogP contribution in [0.2, 0.25) is 0 Å². The van der Waals surface area contributed by atoms with Crippen LogP contribution in [-0.4, -0.2) is 18.6 Å². The van der Waals surface area contributed by atoms with Crippen LogP contribution < -0.4 is 56.4 Å². The topological polar surface area (TPSA) is 74.0 Å². The summed E-state index contributed by atoms with van der Waals surface area (Å²) >= 11 is 0. The van der Waals surface area contributed by atoms with Crippen molar-refractivity contribution in [3.8, 4) is 0 Å². The Labute approximate surface area is 105 Å². The van der Waals surface area contributed by atoms with Gasteiger partial charge in [-0.2, -0.15) is 8.42 Å². The van der Waals surface area contributed by atoms with Gasteiger partial charge in [0.15, 0.2) is 0 Å². The number of rotatable bonds is 1. The van der Waals surface area contributed by atoms with E-state index in [0.29, 0.717) is 0 Å². The molecule has 0 radical (unpaired) electrons. The van der Waals surface area contributed by atoms with E-state index in [0.717, 1.165) is 0 Å². The molecule has 0 aliphatic rings. The van der Waals surface area contributed by atoms with Gasteiger partial charge in [-0.3, -0.25) is 0 Å². The van der Waals surface area contributed by atoms with Crippen LogP contribution in [-0.2, 0) is 10.2 Å². The second-order valence-corrected chi connectivity index (χ2v) is 2.82. The van der Waals surface area contributed by atoms with E-state index in [2.05, 4.69) is 15.2 Å². The Morgan fingerprint density at radius 1 is 1.45 bits per heavy atom. The third-order valence-corrected chi connectivity index (χ3v) is 1.36. The molecule has 0 bridgehead atoms. The standard InChI is InChI=1S/C3H3FN3O2S.K/c1-2-5-3(7-6-2)10(4,8)9;/h1H3;/q-1;+1. The van der Waals surface area contributed by atoms with Crippen LogP contribution in [0.4, 0.5) is 3.89 Å². The molecule has 0 spiro atoms. The van der Waals surface area contributed by atoms with E-state index in [1.807, 2.05) is 0 Å². The van der Waals surface area contributed by atoms with Gasteiger partial charge in [0.25, 0.3) is 0 Å². The van der Waals surface area contributed by atoms with Crippen molar-refractivity contribution in [3.05, 3.63) is 5.82 Å². The first-order valence-corrected chi connectivity index (χ1v) is 3.67. The number of hydrogen-bond acceptors (Lipinski definition) is 4. The van der Waals surface area contributed by atoms with Gasteiger partial charge in [0.05, 0.1) is 0 Å². The van der Waals surface area contributed by atoms with Crippen LogP contribution in [0.1, 0.15) is 5.82 Å². The molecule has 11 heavy (non-hydrogen) atoms. The fourth-order valence-electron chi connectivity index (χ4n) is 0.402. The molecule has 0 atom stereocenters. The van der Waals surface area contributed by atoms with Crippen LogP contribution in [0.3, 0.4) is 0 Å². The fraction of sp³-hybridized carbons (Fsp3) is 0.333. The Morgan fingerprint density at radius 3 is 2.18 bits per heavy atom. The minimum Gasteiger partial charge on any atom is -0.353 e. The van der Waals surface area contributed by atoms with E-state index in [-0.39, 0.29) is 57.2 Å². The van der Waals surface area contributed by atoms with Crippen LogP contribution in [0.25, 0.3) is 0 Å². The summed E-state index contributed by atoms with van der Waals surface area (Å²) < 4.78 is 32.0. The van der Waals surface area contributed by atoms with E-state index < -0.39 is 15.4 Å². The van der Waals surface area contributed by atoms with Crippen molar-refractivity contribution >= 4 is 10.2 Å². The van der Waals surface area contributed by atoms with Crippen LogP contribution in [0, 0.1) is 6.92 Å². The van der Waals surface area contributed by atoms with Crippen molar-refractivity contribution in [1.29, 1.82) is 0 Å². The Balaban J connectivity index is 0.000001000. The molecular formula is C3H3FKN3O2S. The quantitative estimate of drug-likeness (QED) is 0.348. The summed E-state index contributed by atoms with van der Waals surface area (Å²) in [5.74, 6) is 0.135. The maximum Gasteiger partial charge on any atom is 1.00 e. The van der Waals surface area contributed by atoms with Crippen molar-refractivity contribution in [1.82, 2.24) is 15.2 Å². The second-order valence-electron chi connectivity index (χ2n) is 1.58. The van der Waals surface area contributed by atoms with Gasteiger partial charge in [-0.15, -0.1) is 0 Å². The number of hydrogen-bond donors (Lipinski definition) is 0. The van der Waals surface area contributed by atoms with Gasteiger partial charge in [0.1, 0.15) is 5.16 Å². The fourth-order valence-corrected chi connectivity index (χ4v) is 0.781. The summed E-state index contributed by atoms with van der Waals surface area (Å²) in [5, 5.41) is 5.30. The van der Waals surface area contributed by atoms with Gasteiger partial charge in [0, 0.05) is 0 Å². The van der Waals surface area contributed by atoms with Crippen molar-refractivity contribution in [2.24, 2.45) is 0 Å². The molecule has 1 rings (SSSR count). The molecule has 0 unspecified atom stereocenters. The van der Waals surface area contributed by atoms with Gasteiger partial charge in [0.2, 0.25) is 0 Å². The van der Waals surface area contributed by atoms with Gasteiger partial charge in [-0.1, -0.05) is 3.89 Å². The molecule has 0 aliphatic heterocycles. The van der Waals surface area contributed by atoms with Crippen molar-refractivity contribution in [2.75, 3.05) is 0 Å². The minimum atomic E-state index is -4.77. The zero-order valence-corrected chi connectivity index (χ0v) is 9.88. The van der Waals surface area contributed by atoms with Gasteiger partial charge in [-0.25, -0.2) is 0 Å². The zero-order valence-electron chi connectivity index (χ0n) is 5.94. The Bertz CT molecular complexity index is 334. The van der Waals surface area contributed by atoms with E-state index in [1.54, 1.807) is 0 Å². The molecule has 0 fully saturated rings. The van der Waals surface area contributed by atoms with Crippen LogP contribution >= 0.6 is 0 Å². The molecule has 0 amide bonds. The maximum atomic E-state index is 11.9. The van der Waals surface area contributed by atoms with Gasteiger partial charge >= 0.3 is 61.6 Å². The summed E-state index contributed by atoms with van der Waals surface area (Å²) in [4.78, 5) is 3.20. The molecule has 0 N–H and O–H groups in total. The molecule has 0 aromatic carbocycles. The first-order chi connectivity index (χ1) is 4.50. The van der Waals surface area contributed by atoms with E-state index in [1.165, 1.54) is 6.92 Å². The van der Waals surface area contributed by atoms with Crippen molar-refractivity contribution in [2.45, 2.75) is 12.1 Å². The molecule has 1 aromatic rings. The third-order valence-electron chi connectivity index (χ3n) is 0.756. The second kappa shape index (κ2) is 4.05. The third kappa shape index (κ3) is 3.26. The molecule has 0 aliphatic carbocycles. The van der Waals surface area contributed by atoms with Crippen molar-refractivity contribution in [3.63, 3.8) is 0 Å². The van der Waals surface area contributed by atoms with Crippen LogP contribution in [0.15, 0.2) is 5.16 Å². The van der Waals surface area contributed by atoms with Gasteiger partial charge in [-0.05, 0) is 12.7 Å².